The molecule has 20 nitrogen and oxygen atoms in total. The number of ketones is 1. The molecular formula is C105H150O20. The first-order valence-electron chi connectivity index (χ1n) is 49.0. The summed E-state index contributed by atoms with van der Waals surface area (Å²) >= 11 is 0. The first-order valence-corrected chi connectivity index (χ1v) is 49.0. The number of carbonyl (C=O) groups is 6. The quantitative estimate of drug-likeness (QED) is 0.0351. The van der Waals surface area contributed by atoms with Crippen LogP contribution in [0.3, 0.4) is 0 Å². The average molecular weight is 1730 g/mol. The molecule has 24 bridgehead atoms. The van der Waals surface area contributed by atoms with Gasteiger partial charge in [-0.2, -0.15) is 0 Å². The van der Waals surface area contributed by atoms with Crippen molar-refractivity contribution >= 4 is 35.6 Å². The third-order valence-electron chi connectivity index (χ3n) is 38.0. The second-order valence-corrected chi connectivity index (χ2v) is 43.3. The lowest BCUT2D eigenvalue weighted by Gasteiger charge is -2.64. The minimum Gasteiger partial charge on any atom is -0.462 e. The number of Topliss-reactive ketones (excluding diaryl/α,β-unsaturated/α-hetero) is 1. The Hall–Kier alpha value is -5.68. The van der Waals surface area contributed by atoms with E-state index in [1.165, 1.54) is 0 Å². The average Bonchev–Trinajstić information content (AvgIpc) is 1.65. The number of carbonyl (C=O) groups excluding carboxylic acids is 6. The lowest BCUT2D eigenvalue weighted by Crippen LogP contribution is -2.63. The molecule has 0 amide bonds. The molecule has 0 N–H and O–H groups in total. The number of hydrogen-bond donors (Lipinski definition) is 0. The van der Waals surface area contributed by atoms with E-state index >= 15 is 4.79 Å². The fraction of sp³-hybridized carbons (Fsp3) is 0.771. The molecule has 0 spiro atoms. The molecule has 12 saturated carbocycles. The van der Waals surface area contributed by atoms with Crippen LogP contribution < -0.4 is 0 Å². The van der Waals surface area contributed by atoms with Crippen LogP contribution in [0.15, 0.2) is 91.0 Å². The van der Waals surface area contributed by atoms with Crippen molar-refractivity contribution in [1.29, 1.82) is 0 Å². The van der Waals surface area contributed by atoms with Crippen molar-refractivity contribution < 1.29 is 95.1 Å². The number of hydrogen-bond acceptors (Lipinski definition) is 20. The number of esters is 5. The van der Waals surface area contributed by atoms with Crippen molar-refractivity contribution in [2.45, 2.75) is 285 Å². The highest BCUT2D eigenvalue weighted by Gasteiger charge is 2.72. The molecule has 0 radical (unpaired) electrons. The monoisotopic (exact) mass is 1730 g/mol. The summed E-state index contributed by atoms with van der Waals surface area (Å²) in [6.45, 7) is 24.5. The van der Waals surface area contributed by atoms with E-state index in [0.29, 0.717) is 113 Å². The lowest BCUT2D eigenvalue weighted by atomic mass is 9.42. The maximum atomic E-state index is 15.5. The molecule has 24 fully saturated rings. The summed E-state index contributed by atoms with van der Waals surface area (Å²) in [4.78, 5) is 90.0. The SMILES string of the molecule is COCCOCO[C@@H]1C[C@@H]2C[C@H]3CC[C@]2(C)[C@H]2C[C@H](OC(=O)c4ccccc4)[C@]4(C)[C@H](CC[C@H]4[C@H]12)[C@H](C)CCC(=O)O[C@@H]1CC[C@@]2(C)[C@@H](C1)C[C@@H](OCOCCOC)[C@@H]1[C@@H]2C[C@H](OC(=O)c2ccccc2)[C@]2(C)[C@H](CC[C@@H]12)[C@H](C)CCC(=O)[C@@H]1CC[C@@]2(C)[C@@H](C1)C[C@@H](OCOCCOC)[C@@H]1[C@@H]2C[C@H](OC(=O)c2ccccc2)[C@]2(C)[C@H](CC[C@@H]12)[C@H](C)CCC(=O)O3. The van der Waals surface area contributed by atoms with Crippen LogP contribution >= 0.6 is 0 Å². The summed E-state index contributed by atoms with van der Waals surface area (Å²) in [6.07, 6.45) is 17.5. The van der Waals surface area contributed by atoms with Crippen LogP contribution in [0.4, 0.5) is 0 Å². The zero-order valence-electron chi connectivity index (χ0n) is 77.4. The number of rotatable bonds is 24. The van der Waals surface area contributed by atoms with Gasteiger partial charge in [0.1, 0.15) is 56.7 Å². The van der Waals surface area contributed by atoms with Crippen molar-refractivity contribution in [3.8, 4) is 0 Å². The molecule has 12 aliphatic carbocycles. The van der Waals surface area contributed by atoms with Gasteiger partial charge in [0.25, 0.3) is 0 Å². The number of benzene rings is 3. The van der Waals surface area contributed by atoms with Crippen LogP contribution in [0.25, 0.3) is 0 Å². The Morgan fingerprint density at radius 3 is 0.976 bits per heavy atom. The molecule has 12 aliphatic heterocycles. The van der Waals surface area contributed by atoms with E-state index in [1.807, 2.05) is 91.0 Å². The first kappa shape index (κ1) is 92.6. The van der Waals surface area contributed by atoms with Crippen molar-refractivity contribution in [2.75, 3.05) is 81.3 Å². The second-order valence-electron chi connectivity index (χ2n) is 43.3. The van der Waals surface area contributed by atoms with Crippen LogP contribution in [-0.2, 0) is 80.7 Å². The minimum atomic E-state index is -0.474. The van der Waals surface area contributed by atoms with Gasteiger partial charge in [0.2, 0.25) is 0 Å². The summed E-state index contributed by atoms with van der Waals surface area (Å²) in [5, 5.41) is 0. The Morgan fingerprint density at radius 2 is 0.648 bits per heavy atom. The highest BCUT2D eigenvalue weighted by Crippen LogP contribution is 2.74. The second kappa shape index (κ2) is 39.4. The minimum absolute atomic E-state index is 0.0812. The molecule has 125 heavy (non-hydrogen) atoms. The highest BCUT2D eigenvalue weighted by molar-refractivity contribution is 5.90. The van der Waals surface area contributed by atoms with E-state index in [4.69, 9.17) is 66.3 Å². The Kier molecular flexibility index (Phi) is 29.2. The third kappa shape index (κ3) is 18.1. The van der Waals surface area contributed by atoms with E-state index in [-0.39, 0.29) is 222 Å². The predicted octanol–water partition coefficient (Wildman–Crippen LogP) is 19.6. The maximum Gasteiger partial charge on any atom is 0.338 e. The molecule has 24 aliphatic rings. The molecule has 0 aromatic heterocycles. The Morgan fingerprint density at radius 1 is 0.344 bits per heavy atom. The fourth-order valence-corrected chi connectivity index (χ4v) is 31.5. The predicted molar refractivity (Wildman–Crippen MR) is 471 cm³/mol. The Labute approximate surface area is 745 Å². The van der Waals surface area contributed by atoms with Crippen LogP contribution in [0.2, 0.25) is 0 Å². The van der Waals surface area contributed by atoms with Gasteiger partial charge in [-0.15, -0.1) is 0 Å². The number of ether oxygens (including phenoxy) is 14. The van der Waals surface area contributed by atoms with Gasteiger partial charge < -0.3 is 66.3 Å². The van der Waals surface area contributed by atoms with Crippen LogP contribution in [-0.4, -0.2) is 166 Å². The van der Waals surface area contributed by atoms with Crippen molar-refractivity contribution in [3.63, 3.8) is 0 Å². The standard InChI is InChI=1S/C105H150O20/c1-64-28-37-85(106)70-40-43-100(4)71(52-70)55-86(118-61-115-49-46-112-10)94-79-35-32-77(104(79,8)89(58-82(94)100)123-97(109)67-22-16-13-17-23-67)65(2)29-38-92(107)122-75-42-45-102(6)73(54-75)57-88(120-63-117-51-48-114-12)96-81-36-33-78(105(81,9)91(60-84(96)102)125-99(111)69-26-20-15-21-27-69)66(3)30-39-93(108)121-74-41-44-101(5)72(53-74)56-87(119-62-116-50-47-113-11)95-80-34-31-76(64)103(80,7)90(59-83(95)101)124-98(110)68-24-18-14-19-25-68/h13-27,64-66,70-84,86-91,94-96H,28-63H2,1-12H3/t64-,65-,66-,70-,71+,72+,73+,74-,75-,76-,77-,78-,79+,80+,81+,82+,83+,84+,86-,87-,88-,89+,90+,91+,94+,95+,96+,100+,101+,102+,103-,104-,105-/m1/s1. The van der Waals surface area contributed by atoms with Gasteiger partial charge in [-0.1, -0.05) is 117 Å². The molecular weight excluding hydrogens is 1580 g/mol. The maximum absolute atomic E-state index is 15.5. The summed E-state index contributed by atoms with van der Waals surface area (Å²) in [7, 11) is 5.04. The van der Waals surface area contributed by atoms with Crippen molar-refractivity contribution in [1.82, 2.24) is 0 Å². The fourth-order valence-electron chi connectivity index (χ4n) is 31.5. The van der Waals surface area contributed by atoms with Crippen molar-refractivity contribution in [3.05, 3.63) is 108 Å². The third-order valence-corrected chi connectivity index (χ3v) is 38.0. The highest BCUT2D eigenvalue weighted by atomic mass is 16.7. The van der Waals surface area contributed by atoms with Gasteiger partial charge in [0, 0.05) is 62.8 Å². The van der Waals surface area contributed by atoms with Gasteiger partial charge in [0.15, 0.2) is 0 Å². The molecule has 12 saturated heterocycles. The number of fused-ring (bicyclic) bond motifs is 1. The molecule has 33 atom stereocenters. The molecule has 690 valence electrons. The summed E-state index contributed by atoms with van der Waals surface area (Å²) in [6, 6.07) is 28.3. The van der Waals surface area contributed by atoms with Gasteiger partial charge in [-0.25, -0.2) is 14.4 Å². The Balaban J connectivity index is 0.731. The molecule has 3 aromatic rings. The first-order chi connectivity index (χ1) is 60.3. The van der Waals surface area contributed by atoms with Crippen LogP contribution in [0.1, 0.15) is 267 Å². The Bertz CT molecular complexity index is 4130. The number of methoxy groups -OCH3 is 3. The largest absolute Gasteiger partial charge is 0.462 e. The van der Waals surface area contributed by atoms with E-state index in [1.54, 1.807) is 21.3 Å². The van der Waals surface area contributed by atoms with Gasteiger partial charge in [-0.05, 0) is 313 Å². The van der Waals surface area contributed by atoms with Gasteiger partial charge in [-0.3, -0.25) is 14.4 Å². The molecule has 27 rings (SSSR count). The summed E-state index contributed by atoms with van der Waals surface area (Å²) in [5.74, 6) is 1.13. The van der Waals surface area contributed by atoms with Crippen LogP contribution in [0, 0.1) is 145 Å². The topological polar surface area (TPSA) is 232 Å². The normalized spacial score (nSPS) is 43.0. The van der Waals surface area contributed by atoms with Gasteiger partial charge >= 0.3 is 29.8 Å². The zero-order chi connectivity index (χ0) is 87.7. The van der Waals surface area contributed by atoms with E-state index in [0.717, 1.165) is 109 Å². The molecule has 0 unspecified atom stereocenters. The van der Waals surface area contributed by atoms with Crippen molar-refractivity contribution in [2.24, 2.45) is 145 Å². The van der Waals surface area contributed by atoms with E-state index < -0.39 is 34.6 Å². The zero-order valence-corrected chi connectivity index (χ0v) is 77.4. The smallest absolute Gasteiger partial charge is 0.338 e. The lowest BCUT2D eigenvalue weighted by molar-refractivity contribution is -0.233. The van der Waals surface area contributed by atoms with E-state index in [2.05, 4.69) is 62.3 Å². The molecule has 3 aromatic carbocycles. The molecule has 20 heteroatoms. The van der Waals surface area contributed by atoms with Crippen LogP contribution in [0.5, 0.6) is 0 Å². The van der Waals surface area contributed by atoms with Gasteiger partial charge in [0.05, 0.1) is 74.6 Å². The summed E-state index contributed by atoms with van der Waals surface area (Å²) in [5.41, 5.74) is -0.377. The summed E-state index contributed by atoms with van der Waals surface area (Å²) < 4.78 is 91.4. The van der Waals surface area contributed by atoms with E-state index in [9.17, 15) is 24.0 Å². The molecule has 12 heterocycles.